The van der Waals surface area contributed by atoms with Crippen molar-refractivity contribution >= 4 is 60.8 Å². The molecule has 0 spiro atoms. The van der Waals surface area contributed by atoms with Gasteiger partial charge in [0.15, 0.2) is 17.2 Å². The van der Waals surface area contributed by atoms with E-state index in [1.807, 2.05) is 43.3 Å². The molecule has 276 valence electrons. The molecule has 4 nitrogen and oxygen atoms in total. The molecule has 0 saturated heterocycles. The van der Waals surface area contributed by atoms with E-state index in [1.165, 1.54) is 49.0 Å². The Morgan fingerprint density at radius 2 is 0.931 bits per heavy atom. The van der Waals surface area contributed by atoms with Crippen LogP contribution in [0.25, 0.3) is 54.6 Å². The topological polar surface area (TPSA) is 24.9 Å². The minimum Gasteiger partial charge on any atom is -0.458 e. The summed E-state index contributed by atoms with van der Waals surface area (Å²) in [5.41, 5.74) is 10.9. The average molecular weight is 747 g/mol. The van der Waals surface area contributed by atoms with Gasteiger partial charge in [-0.2, -0.15) is 0 Å². The first-order valence-electron chi connectivity index (χ1n) is 19.8. The molecule has 4 heteroatoms. The van der Waals surface area contributed by atoms with E-state index >= 15 is 0 Å². The molecule has 9 aromatic carbocycles. The maximum absolute atomic E-state index is 6.45. The molecule has 0 bridgehead atoms. The van der Waals surface area contributed by atoms with Gasteiger partial charge in [-0.25, -0.2) is 0 Å². The Balaban J connectivity index is 1.26. The number of fused-ring (bicyclic) bond motifs is 6. The van der Waals surface area contributed by atoms with Gasteiger partial charge in [0.1, 0.15) is 5.76 Å². The van der Waals surface area contributed by atoms with Gasteiger partial charge in [-0.15, -0.1) is 0 Å². The van der Waals surface area contributed by atoms with E-state index in [4.69, 9.17) is 9.47 Å². The number of nitrogens with zero attached hydrogens (tertiary/aromatic N) is 2. The first-order chi connectivity index (χ1) is 28.6. The van der Waals surface area contributed by atoms with Crippen LogP contribution in [-0.4, -0.2) is 0 Å². The molecule has 2 aliphatic rings. The number of ether oxygens (including phenoxy) is 2. The molecule has 0 amide bonds. The third kappa shape index (κ3) is 5.37. The molecule has 2 heterocycles. The molecule has 0 aliphatic carbocycles. The number of para-hydroxylation sites is 6. The lowest BCUT2D eigenvalue weighted by molar-refractivity contribution is 0.414. The molecular formula is C54H38N2O2. The van der Waals surface area contributed by atoms with Gasteiger partial charge in [0.25, 0.3) is 0 Å². The van der Waals surface area contributed by atoms with Gasteiger partial charge in [-0.05, 0) is 141 Å². The fraction of sp³-hybridized carbons (Fsp3) is 0.0370. The second-order valence-corrected chi connectivity index (χ2v) is 14.9. The van der Waals surface area contributed by atoms with E-state index in [1.54, 1.807) is 0 Å². The highest BCUT2D eigenvalue weighted by molar-refractivity contribution is 6.23. The highest BCUT2D eigenvalue weighted by Crippen LogP contribution is 2.53. The van der Waals surface area contributed by atoms with Gasteiger partial charge in [-0.1, -0.05) is 121 Å². The third-order valence-electron chi connectivity index (χ3n) is 11.4. The number of hydrogen-bond donors (Lipinski definition) is 0. The van der Waals surface area contributed by atoms with Crippen molar-refractivity contribution in [3.8, 4) is 39.5 Å². The summed E-state index contributed by atoms with van der Waals surface area (Å²) in [6.07, 6.45) is 4.22. The highest BCUT2D eigenvalue weighted by atomic mass is 16.5. The molecule has 0 unspecified atom stereocenters. The molecule has 58 heavy (non-hydrogen) atoms. The summed E-state index contributed by atoms with van der Waals surface area (Å²) in [6.45, 7) is 4.10. The van der Waals surface area contributed by atoms with Crippen LogP contribution in [0.5, 0.6) is 17.2 Å². The van der Waals surface area contributed by atoms with E-state index in [9.17, 15) is 0 Å². The quantitative estimate of drug-likeness (QED) is 0.164. The van der Waals surface area contributed by atoms with Crippen molar-refractivity contribution in [1.29, 1.82) is 0 Å². The van der Waals surface area contributed by atoms with E-state index < -0.39 is 0 Å². The fourth-order valence-corrected chi connectivity index (χ4v) is 8.90. The SMILES string of the molecule is C/C=C\C1=C(C)Oc2ccccc2N1c1ccc2c(-c3ccc4ccccc4c3)c3ccc(N4c5ccccc5Oc5ccccc54)cc3c(-c3ccccc3)c2c1. The Hall–Kier alpha value is -7.56. The fourth-order valence-electron chi connectivity index (χ4n) is 8.90. The van der Waals surface area contributed by atoms with Crippen LogP contribution in [0.15, 0.2) is 206 Å². The van der Waals surface area contributed by atoms with Crippen LogP contribution in [0.2, 0.25) is 0 Å². The zero-order valence-electron chi connectivity index (χ0n) is 32.2. The standard InChI is InChI=1S/C54H38N2O2/c1-3-15-46-35(2)57-50-23-12-9-20-47(50)55(46)40-28-30-42-44(33-40)53(37-17-5-4-6-18-37)45-34-41(56-48-21-10-13-24-51(48)58-52-25-14-11-22-49(52)56)29-31-43(45)54(42)39-27-26-36-16-7-8-19-38(36)32-39/h3-34H,1-2H3/b15-3-. The lowest BCUT2D eigenvalue weighted by atomic mass is 9.85. The van der Waals surface area contributed by atoms with Crippen molar-refractivity contribution in [1.82, 2.24) is 0 Å². The maximum atomic E-state index is 6.45. The minimum atomic E-state index is 0.829. The highest BCUT2D eigenvalue weighted by Gasteiger charge is 2.29. The molecule has 0 aromatic heterocycles. The lowest BCUT2D eigenvalue weighted by Crippen LogP contribution is -2.22. The molecule has 0 radical (unpaired) electrons. The Kier molecular flexibility index (Phi) is 7.90. The van der Waals surface area contributed by atoms with Gasteiger partial charge in [0, 0.05) is 11.4 Å². The average Bonchev–Trinajstić information content (AvgIpc) is 3.27. The third-order valence-corrected chi connectivity index (χ3v) is 11.4. The minimum absolute atomic E-state index is 0.829. The van der Waals surface area contributed by atoms with Crippen molar-refractivity contribution in [3.63, 3.8) is 0 Å². The van der Waals surface area contributed by atoms with Gasteiger partial charge in [-0.3, -0.25) is 0 Å². The van der Waals surface area contributed by atoms with Crippen molar-refractivity contribution < 1.29 is 9.47 Å². The van der Waals surface area contributed by atoms with Gasteiger partial charge in [0.05, 0.1) is 22.8 Å². The van der Waals surface area contributed by atoms with Crippen LogP contribution in [0, 0.1) is 0 Å². The zero-order valence-corrected chi connectivity index (χ0v) is 32.2. The molecule has 2 aliphatic heterocycles. The predicted octanol–water partition coefficient (Wildman–Crippen LogP) is 15.4. The molecule has 9 aromatic rings. The van der Waals surface area contributed by atoms with Crippen LogP contribution in [-0.2, 0) is 0 Å². The molecule has 0 atom stereocenters. The Morgan fingerprint density at radius 3 is 1.57 bits per heavy atom. The monoisotopic (exact) mass is 746 g/mol. The van der Waals surface area contributed by atoms with Crippen LogP contribution >= 0.6 is 0 Å². The van der Waals surface area contributed by atoms with Gasteiger partial charge in [0.2, 0.25) is 0 Å². The van der Waals surface area contributed by atoms with Gasteiger partial charge < -0.3 is 19.3 Å². The maximum Gasteiger partial charge on any atom is 0.151 e. The summed E-state index contributed by atoms with van der Waals surface area (Å²) >= 11 is 0. The van der Waals surface area contributed by atoms with Crippen LogP contribution < -0.4 is 19.3 Å². The number of allylic oxidation sites excluding steroid dienone is 3. The molecule has 0 fully saturated rings. The smallest absolute Gasteiger partial charge is 0.151 e. The Labute approximate surface area is 337 Å². The zero-order chi connectivity index (χ0) is 38.7. The summed E-state index contributed by atoms with van der Waals surface area (Å²) in [7, 11) is 0. The Bertz CT molecular complexity index is 3120. The number of rotatable bonds is 5. The summed E-state index contributed by atoms with van der Waals surface area (Å²) < 4.78 is 12.8. The van der Waals surface area contributed by atoms with E-state index in [0.29, 0.717) is 0 Å². The first-order valence-corrected chi connectivity index (χ1v) is 19.8. The summed E-state index contributed by atoms with van der Waals surface area (Å²) in [5.74, 6) is 3.35. The number of hydrogen-bond acceptors (Lipinski definition) is 4. The van der Waals surface area contributed by atoms with Crippen molar-refractivity contribution in [2.45, 2.75) is 13.8 Å². The van der Waals surface area contributed by atoms with Crippen LogP contribution in [0.4, 0.5) is 28.4 Å². The van der Waals surface area contributed by atoms with Crippen molar-refractivity contribution in [3.05, 3.63) is 206 Å². The summed E-state index contributed by atoms with van der Waals surface area (Å²) in [4.78, 5) is 4.67. The largest absolute Gasteiger partial charge is 0.458 e. The number of anilines is 5. The van der Waals surface area contributed by atoms with Crippen LogP contribution in [0.1, 0.15) is 13.8 Å². The van der Waals surface area contributed by atoms with Crippen molar-refractivity contribution in [2.24, 2.45) is 0 Å². The summed E-state index contributed by atoms with van der Waals surface area (Å²) in [6, 6.07) is 65.2. The number of benzene rings is 9. The second-order valence-electron chi connectivity index (χ2n) is 14.9. The Morgan fingerprint density at radius 1 is 0.414 bits per heavy atom. The molecule has 0 N–H and O–H groups in total. The predicted molar refractivity (Wildman–Crippen MR) is 241 cm³/mol. The van der Waals surface area contributed by atoms with E-state index in [0.717, 1.165) is 62.7 Å². The summed E-state index contributed by atoms with van der Waals surface area (Å²) in [5, 5.41) is 7.15. The lowest BCUT2D eigenvalue weighted by Gasteiger charge is -2.34. The molecular weight excluding hydrogens is 709 g/mol. The first kappa shape index (κ1) is 33.8. The van der Waals surface area contributed by atoms with Crippen LogP contribution in [0.3, 0.4) is 0 Å². The van der Waals surface area contributed by atoms with E-state index in [2.05, 4.69) is 174 Å². The van der Waals surface area contributed by atoms with Gasteiger partial charge >= 0.3 is 0 Å². The molecule has 11 rings (SSSR count). The van der Waals surface area contributed by atoms with E-state index in [-0.39, 0.29) is 0 Å². The normalized spacial score (nSPS) is 13.4. The van der Waals surface area contributed by atoms with Crippen molar-refractivity contribution in [2.75, 3.05) is 9.80 Å². The second kappa shape index (κ2) is 13.6. The molecule has 0 saturated carbocycles.